The zero-order chi connectivity index (χ0) is 24.9. The smallest absolute Gasteiger partial charge is 0.293 e. The molecule has 8 nitrogen and oxygen atoms in total. The zero-order valence-electron chi connectivity index (χ0n) is 19.6. The second-order valence-corrected chi connectivity index (χ2v) is 9.05. The van der Waals surface area contributed by atoms with Crippen LogP contribution in [0, 0.1) is 17.0 Å². The Morgan fingerprint density at radius 3 is 2.46 bits per heavy atom. The number of nitro benzene ring substituents is 1. The van der Waals surface area contributed by atoms with Gasteiger partial charge in [0.25, 0.3) is 11.2 Å². The number of amides is 1. The van der Waals surface area contributed by atoms with Crippen molar-refractivity contribution in [3.8, 4) is 5.69 Å². The van der Waals surface area contributed by atoms with Crippen molar-refractivity contribution in [3.05, 3.63) is 104 Å². The van der Waals surface area contributed by atoms with Crippen molar-refractivity contribution in [3.63, 3.8) is 0 Å². The molecule has 0 bridgehead atoms. The van der Waals surface area contributed by atoms with Gasteiger partial charge in [0, 0.05) is 24.2 Å². The van der Waals surface area contributed by atoms with Gasteiger partial charge in [0.2, 0.25) is 5.91 Å². The average molecular weight is 469 g/mol. The van der Waals surface area contributed by atoms with Gasteiger partial charge in [-0.25, -0.2) is 4.98 Å². The van der Waals surface area contributed by atoms with Gasteiger partial charge in [0.1, 0.15) is 11.5 Å². The van der Waals surface area contributed by atoms with Gasteiger partial charge in [0.05, 0.1) is 21.7 Å². The molecular formula is C27H24N4O4. The third-order valence-corrected chi connectivity index (χ3v) is 6.42. The van der Waals surface area contributed by atoms with Gasteiger partial charge in [-0.2, -0.15) is 0 Å². The minimum atomic E-state index is -0.561. The van der Waals surface area contributed by atoms with Crippen molar-refractivity contribution in [1.82, 2.24) is 9.55 Å². The Hall–Kier alpha value is -4.33. The van der Waals surface area contributed by atoms with Crippen LogP contribution >= 0.6 is 0 Å². The van der Waals surface area contributed by atoms with Crippen LogP contribution in [0.2, 0.25) is 0 Å². The van der Waals surface area contributed by atoms with Gasteiger partial charge in [0.15, 0.2) is 0 Å². The maximum absolute atomic E-state index is 13.7. The lowest BCUT2D eigenvalue weighted by atomic mass is 9.95. The highest BCUT2D eigenvalue weighted by Gasteiger charge is 2.39. The predicted octanol–water partition coefficient (Wildman–Crippen LogP) is 4.68. The standard InChI is InChI=1S/C27H24N4O4/c1-16(2)29-22-13-12-17(3)14-19(22)20(27(29)33)15-25-28-21-9-5-4-8-18(21)26(32)30(25)23-10-6-7-11-24(23)31(34)35/h4-14,16,20H,15H2,1-3H3. The van der Waals surface area contributed by atoms with Crippen LogP contribution in [0.25, 0.3) is 16.6 Å². The van der Waals surface area contributed by atoms with E-state index in [1.165, 1.54) is 16.7 Å². The van der Waals surface area contributed by atoms with E-state index in [1.54, 1.807) is 41.3 Å². The van der Waals surface area contributed by atoms with Crippen LogP contribution in [0.4, 0.5) is 11.4 Å². The second kappa shape index (κ2) is 8.47. The molecule has 1 amide bonds. The maximum Gasteiger partial charge on any atom is 0.293 e. The monoisotopic (exact) mass is 468 g/mol. The highest BCUT2D eigenvalue weighted by atomic mass is 16.6. The third-order valence-electron chi connectivity index (χ3n) is 6.42. The SMILES string of the molecule is Cc1ccc2c(c1)C(Cc1nc3ccccc3c(=O)n1-c1ccccc1[N+](=O)[O-])C(=O)N2C(C)C. The van der Waals surface area contributed by atoms with E-state index >= 15 is 0 Å². The molecule has 1 aromatic heterocycles. The van der Waals surface area contributed by atoms with Gasteiger partial charge in [-0.15, -0.1) is 0 Å². The van der Waals surface area contributed by atoms with Crippen LogP contribution in [0.1, 0.15) is 36.7 Å². The van der Waals surface area contributed by atoms with Crippen molar-refractivity contribution in [2.24, 2.45) is 0 Å². The minimum absolute atomic E-state index is 0.0454. The molecule has 1 unspecified atom stereocenters. The Balaban J connectivity index is 1.75. The van der Waals surface area contributed by atoms with Crippen LogP contribution in [-0.2, 0) is 11.2 Å². The quantitative estimate of drug-likeness (QED) is 0.313. The van der Waals surface area contributed by atoms with E-state index in [0.29, 0.717) is 16.7 Å². The van der Waals surface area contributed by atoms with Gasteiger partial charge in [-0.3, -0.25) is 24.3 Å². The van der Waals surface area contributed by atoms with E-state index in [4.69, 9.17) is 4.98 Å². The summed E-state index contributed by atoms with van der Waals surface area (Å²) in [4.78, 5) is 45.1. The van der Waals surface area contributed by atoms with Crippen LogP contribution < -0.4 is 10.5 Å². The van der Waals surface area contributed by atoms with E-state index in [9.17, 15) is 19.7 Å². The fraction of sp³-hybridized carbons (Fsp3) is 0.222. The Kier molecular flexibility index (Phi) is 5.43. The van der Waals surface area contributed by atoms with Crippen molar-refractivity contribution in [1.29, 1.82) is 0 Å². The Morgan fingerprint density at radius 1 is 1.00 bits per heavy atom. The van der Waals surface area contributed by atoms with E-state index < -0.39 is 16.4 Å². The molecule has 0 spiro atoms. The highest BCUT2D eigenvalue weighted by Crippen LogP contribution is 2.41. The van der Waals surface area contributed by atoms with E-state index in [1.807, 2.05) is 39.0 Å². The summed E-state index contributed by atoms with van der Waals surface area (Å²) >= 11 is 0. The molecule has 0 aliphatic carbocycles. The Labute approximate surface area is 201 Å². The number of hydrogen-bond donors (Lipinski definition) is 0. The molecule has 0 radical (unpaired) electrons. The number of carbonyl (C=O) groups is 1. The lowest BCUT2D eigenvalue weighted by Gasteiger charge is -2.22. The zero-order valence-corrected chi connectivity index (χ0v) is 19.6. The maximum atomic E-state index is 13.7. The number of anilines is 1. The minimum Gasteiger partial charge on any atom is -0.309 e. The van der Waals surface area contributed by atoms with Gasteiger partial charge in [-0.05, 0) is 50.6 Å². The first-order chi connectivity index (χ1) is 16.8. The number of fused-ring (bicyclic) bond motifs is 2. The molecule has 176 valence electrons. The normalized spacial score (nSPS) is 15.1. The molecule has 8 heteroatoms. The fourth-order valence-electron chi connectivity index (χ4n) is 4.88. The number of hydrogen-bond acceptors (Lipinski definition) is 5. The van der Waals surface area contributed by atoms with Gasteiger partial charge < -0.3 is 4.90 Å². The van der Waals surface area contributed by atoms with E-state index in [2.05, 4.69) is 0 Å². The molecule has 0 N–H and O–H groups in total. The number of aryl methyl sites for hydroxylation is 1. The molecule has 1 atom stereocenters. The van der Waals surface area contributed by atoms with Crippen LogP contribution in [0.15, 0.2) is 71.5 Å². The molecule has 2 heterocycles. The number of nitro groups is 1. The average Bonchev–Trinajstić information content (AvgIpc) is 3.10. The van der Waals surface area contributed by atoms with E-state index in [0.717, 1.165) is 16.8 Å². The molecule has 0 fully saturated rings. The number of aromatic nitrogens is 2. The summed E-state index contributed by atoms with van der Waals surface area (Å²) in [5.41, 5.74) is 2.75. The number of para-hydroxylation sites is 3. The molecule has 1 aliphatic heterocycles. The summed E-state index contributed by atoms with van der Waals surface area (Å²) in [6.07, 6.45) is 0.130. The molecule has 35 heavy (non-hydrogen) atoms. The Bertz CT molecular complexity index is 1560. The molecule has 4 aromatic rings. The number of carbonyl (C=O) groups excluding carboxylic acids is 1. The highest BCUT2D eigenvalue weighted by molar-refractivity contribution is 6.05. The fourth-order valence-corrected chi connectivity index (χ4v) is 4.88. The summed E-state index contributed by atoms with van der Waals surface area (Å²) in [6.45, 7) is 5.89. The van der Waals surface area contributed by atoms with Gasteiger partial charge in [-0.1, -0.05) is 42.0 Å². The summed E-state index contributed by atoms with van der Waals surface area (Å²) in [5, 5.41) is 12.2. The second-order valence-electron chi connectivity index (χ2n) is 9.05. The summed E-state index contributed by atoms with van der Waals surface area (Å²) in [5.74, 6) is -0.328. The number of rotatable bonds is 5. The lowest BCUT2D eigenvalue weighted by molar-refractivity contribution is -0.384. The summed E-state index contributed by atoms with van der Waals surface area (Å²) in [7, 11) is 0. The molecule has 0 saturated heterocycles. The predicted molar refractivity (Wildman–Crippen MR) is 134 cm³/mol. The molecule has 0 saturated carbocycles. The van der Waals surface area contributed by atoms with Crippen LogP contribution in [0.5, 0.6) is 0 Å². The van der Waals surface area contributed by atoms with Gasteiger partial charge >= 0.3 is 0 Å². The Morgan fingerprint density at radius 2 is 1.71 bits per heavy atom. The number of nitrogens with zero attached hydrogens (tertiary/aromatic N) is 4. The first-order valence-electron chi connectivity index (χ1n) is 11.5. The number of benzene rings is 3. The van der Waals surface area contributed by atoms with Crippen molar-refractivity contribution >= 4 is 28.2 Å². The summed E-state index contributed by atoms with van der Waals surface area (Å²) in [6, 6.07) is 18.9. The van der Waals surface area contributed by atoms with Crippen molar-refractivity contribution < 1.29 is 9.72 Å². The first-order valence-corrected chi connectivity index (χ1v) is 11.5. The van der Waals surface area contributed by atoms with Crippen molar-refractivity contribution in [2.45, 2.75) is 39.2 Å². The molecule has 1 aliphatic rings. The lowest BCUT2D eigenvalue weighted by Crippen LogP contribution is -2.36. The first kappa shape index (κ1) is 22.5. The molecule has 3 aromatic carbocycles. The van der Waals surface area contributed by atoms with E-state index in [-0.39, 0.29) is 29.7 Å². The van der Waals surface area contributed by atoms with Crippen LogP contribution in [-0.4, -0.2) is 26.4 Å². The third kappa shape index (κ3) is 3.67. The van der Waals surface area contributed by atoms with Crippen molar-refractivity contribution in [2.75, 3.05) is 4.90 Å². The largest absolute Gasteiger partial charge is 0.309 e. The summed E-state index contributed by atoms with van der Waals surface area (Å²) < 4.78 is 1.29. The molecular weight excluding hydrogens is 444 g/mol. The van der Waals surface area contributed by atoms with Crippen LogP contribution in [0.3, 0.4) is 0 Å². The topological polar surface area (TPSA) is 98.3 Å². The molecule has 5 rings (SSSR count).